The van der Waals surface area contributed by atoms with Gasteiger partial charge in [0.25, 0.3) is 0 Å². The summed E-state index contributed by atoms with van der Waals surface area (Å²) in [6, 6.07) is 47.7. The second-order valence-corrected chi connectivity index (χ2v) is 10.8. The van der Waals surface area contributed by atoms with Crippen LogP contribution in [-0.2, 0) is 26.5 Å². The Kier molecular flexibility index (Phi) is 7.08. The van der Waals surface area contributed by atoms with E-state index in [1.165, 1.54) is 0 Å². The normalized spacial score (nSPS) is 12.5. The zero-order valence-corrected chi connectivity index (χ0v) is 26.0. The third kappa shape index (κ3) is 4.38. The second kappa shape index (κ2) is 11.2. The summed E-state index contributed by atoms with van der Waals surface area (Å²) in [6.07, 6.45) is 1.80. The molecule has 0 amide bonds. The topological polar surface area (TPSA) is 82.7 Å². The number of phenols is 1. The Morgan fingerprint density at radius 1 is 0.622 bits per heavy atom. The first kappa shape index (κ1) is 28.3. The van der Waals surface area contributed by atoms with Gasteiger partial charge in [-0.1, -0.05) is 72.8 Å². The van der Waals surface area contributed by atoms with Crippen LogP contribution in [0, 0.1) is 17.4 Å². The van der Waals surface area contributed by atoms with Crippen LogP contribution in [-0.4, -0.2) is 20.1 Å². The van der Waals surface area contributed by atoms with Crippen LogP contribution in [0.3, 0.4) is 0 Å². The van der Waals surface area contributed by atoms with E-state index < -0.39 is 5.41 Å². The average Bonchev–Trinajstić information content (AvgIpc) is 3.39. The Balaban J connectivity index is 0.00000325. The molecule has 7 aromatic rings. The van der Waals surface area contributed by atoms with Gasteiger partial charge in [0.05, 0.1) is 33.4 Å². The molecular weight excluding hydrogens is 736 g/mol. The molecule has 2 aromatic heterocycles. The number of aromatic nitrogens is 3. The molecule has 45 heavy (non-hydrogen) atoms. The minimum Gasteiger partial charge on any atom is -0.506 e. The SMILES string of the molecule is N#Cc1cccc(-c2cccc(C3(c4[c-]c(-c5cnc6ccccc6n5)ccc4)c4ccccc4-c4ccccc43)n2)c1O.[Pt]. The second-order valence-electron chi connectivity index (χ2n) is 10.8. The Morgan fingerprint density at radius 2 is 1.27 bits per heavy atom. The van der Waals surface area contributed by atoms with E-state index in [1.54, 1.807) is 24.4 Å². The summed E-state index contributed by atoms with van der Waals surface area (Å²) in [5.41, 5.74) is 9.87. The first-order valence-corrected chi connectivity index (χ1v) is 14.3. The van der Waals surface area contributed by atoms with E-state index >= 15 is 0 Å². The maximum Gasteiger partial charge on any atom is 0.142 e. The first-order chi connectivity index (χ1) is 21.7. The standard InChI is InChI=1S/C39H23N4O.Pt/c40-23-26-11-8-15-30(38(26)44)33-20-9-21-37(43-33)39(31-16-3-1-13-28(31)29-14-2-4-17-32(29)39)27-12-7-10-25(22-27)36-24-41-34-18-5-6-19-35(34)42-36;/h1-21,24,44H;/q-1;. The molecule has 1 N–H and O–H groups in total. The average molecular weight is 759 g/mol. The van der Waals surface area contributed by atoms with Crippen LogP contribution in [0.4, 0.5) is 0 Å². The summed E-state index contributed by atoms with van der Waals surface area (Å²) in [7, 11) is 0. The van der Waals surface area contributed by atoms with E-state index in [1.807, 2.05) is 54.6 Å². The van der Waals surface area contributed by atoms with Gasteiger partial charge < -0.3 is 5.11 Å². The third-order valence-corrected chi connectivity index (χ3v) is 8.44. The molecule has 0 saturated heterocycles. The number of pyridine rings is 1. The molecule has 0 fully saturated rings. The molecule has 6 heteroatoms. The summed E-state index contributed by atoms with van der Waals surface area (Å²) in [5.74, 6) is -0.0793. The van der Waals surface area contributed by atoms with Crippen molar-refractivity contribution < 1.29 is 26.2 Å². The Labute approximate surface area is 274 Å². The number of benzene rings is 5. The van der Waals surface area contributed by atoms with Crippen LogP contribution < -0.4 is 0 Å². The predicted molar refractivity (Wildman–Crippen MR) is 171 cm³/mol. The summed E-state index contributed by atoms with van der Waals surface area (Å²) in [6.45, 7) is 0. The van der Waals surface area contributed by atoms with Gasteiger partial charge in [-0.05, 0) is 58.7 Å². The molecular formula is C39H23N4OPt-. The van der Waals surface area contributed by atoms with Gasteiger partial charge >= 0.3 is 0 Å². The molecule has 0 spiro atoms. The molecule has 1 aliphatic rings. The molecule has 5 nitrogen and oxygen atoms in total. The number of hydrogen-bond donors (Lipinski definition) is 1. The number of fused-ring (bicyclic) bond motifs is 4. The maximum absolute atomic E-state index is 11.0. The molecule has 216 valence electrons. The molecule has 0 saturated carbocycles. The fourth-order valence-electron chi connectivity index (χ4n) is 6.50. The molecule has 0 atom stereocenters. The van der Waals surface area contributed by atoms with E-state index in [4.69, 9.17) is 9.97 Å². The molecule has 0 radical (unpaired) electrons. The maximum atomic E-state index is 11.0. The van der Waals surface area contributed by atoms with Crippen molar-refractivity contribution in [3.63, 3.8) is 0 Å². The van der Waals surface area contributed by atoms with Crippen molar-refractivity contribution in [2.75, 3.05) is 0 Å². The van der Waals surface area contributed by atoms with Crippen LogP contribution in [0.1, 0.15) is 27.9 Å². The largest absolute Gasteiger partial charge is 0.506 e. The minimum atomic E-state index is -0.814. The molecule has 0 aliphatic heterocycles. The number of hydrogen-bond acceptors (Lipinski definition) is 5. The Hall–Kier alpha value is -5.43. The quantitative estimate of drug-likeness (QED) is 0.184. The Morgan fingerprint density at radius 3 is 2.02 bits per heavy atom. The molecule has 8 rings (SSSR count). The number of phenolic OH excluding ortho intramolecular Hbond substituents is 1. The van der Waals surface area contributed by atoms with Crippen LogP contribution in [0.25, 0.3) is 44.7 Å². The minimum absolute atomic E-state index is 0. The van der Waals surface area contributed by atoms with Crippen molar-refractivity contribution >= 4 is 11.0 Å². The molecule has 0 bridgehead atoms. The van der Waals surface area contributed by atoms with E-state index in [2.05, 4.69) is 71.7 Å². The van der Waals surface area contributed by atoms with Crippen molar-refractivity contribution in [3.8, 4) is 45.5 Å². The molecule has 2 heterocycles. The van der Waals surface area contributed by atoms with Crippen molar-refractivity contribution in [2.24, 2.45) is 0 Å². The number of nitrogens with zero attached hydrogens (tertiary/aromatic N) is 4. The molecule has 1 aliphatic carbocycles. The van der Waals surface area contributed by atoms with Crippen molar-refractivity contribution in [1.82, 2.24) is 15.0 Å². The fourth-order valence-corrected chi connectivity index (χ4v) is 6.50. The first-order valence-electron chi connectivity index (χ1n) is 14.3. The zero-order valence-electron chi connectivity index (χ0n) is 23.8. The van der Waals surface area contributed by atoms with E-state index in [9.17, 15) is 10.4 Å². The summed E-state index contributed by atoms with van der Waals surface area (Å²) in [4.78, 5) is 14.8. The van der Waals surface area contributed by atoms with Crippen LogP contribution in [0.2, 0.25) is 0 Å². The van der Waals surface area contributed by atoms with E-state index in [0.29, 0.717) is 11.3 Å². The zero-order chi connectivity index (χ0) is 29.7. The molecule has 0 unspecified atom stereocenters. The molecule has 5 aromatic carbocycles. The van der Waals surface area contributed by atoms with Crippen molar-refractivity contribution in [2.45, 2.75) is 5.41 Å². The summed E-state index contributed by atoms with van der Waals surface area (Å²) in [5, 5.41) is 20.5. The number of nitriles is 1. The smallest absolute Gasteiger partial charge is 0.142 e. The van der Waals surface area contributed by atoms with Gasteiger partial charge in [0.1, 0.15) is 11.8 Å². The van der Waals surface area contributed by atoms with Gasteiger partial charge in [-0.2, -0.15) is 5.26 Å². The fraction of sp³-hybridized carbons (Fsp3) is 0.0256. The van der Waals surface area contributed by atoms with E-state index in [0.717, 1.165) is 55.8 Å². The number of rotatable bonds is 4. The number of para-hydroxylation sites is 3. The monoisotopic (exact) mass is 758 g/mol. The van der Waals surface area contributed by atoms with Gasteiger partial charge in [0, 0.05) is 38.5 Å². The van der Waals surface area contributed by atoms with Crippen LogP contribution >= 0.6 is 0 Å². The number of aromatic hydroxyl groups is 1. The van der Waals surface area contributed by atoms with Gasteiger partial charge in [0.15, 0.2) is 0 Å². The van der Waals surface area contributed by atoms with Crippen molar-refractivity contribution in [1.29, 1.82) is 5.26 Å². The van der Waals surface area contributed by atoms with Crippen LogP contribution in [0.15, 0.2) is 134 Å². The predicted octanol–water partition coefficient (Wildman–Crippen LogP) is 8.10. The summed E-state index contributed by atoms with van der Waals surface area (Å²) >= 11 is 0. The van der Waals surface area contributed by atoms with E-state index in [-0.39, 0.29) is 32.4 Å². The van der Waals surface area contributed by atoms with Gasteiger partial charge in [0.2, 0.25) is 0 Å². The van der Waals surface area contributed by atoms with Crippen LogP contribution in [0.5, 0.6) is 5.75 Å². The summed E-state index contributed by atoms with van der Waals surface area (Å²) < 4.78 is 0. The van der Waals surface area contributed by atoms with Gasteiger partial charge in [-0.25, -0.2) is 0 Å². The van der Waals surface area contributed by atoms with Crippen molar-refractivity contribution in [3.05, 3.63) is 168 Å². The van der Waals surface area contributed by atoms with Gasteiger partial charge in [-0.3, -0.25) is 15.0 Å². The third-order valence-electron chi connectivity index (χ3n) is 8.44. The van der Waals surface area contributed by atoms with Gasteiger partial charge in [-0.15, -0.1) is 35.4 Å². The Bertz CT molecular complexity index is 2250.